The van der Waals surface area contributed by atoms with Gasteiger partial charge in [0.25, 0.3) is 0 Å². The number of benzene rings is 4. The minimum Gasteiger partial charge on any atom is -0.497 e. The van der Waals surface area contributed by atoms with Crippen LogP contribution in [0.25, 0.3) is 0 Å². The molecule has 4 aromatic carbocycles. The summed E-state index contributed by atoms with van der Waals surface area (Å²) in [7, 11) is 1.66. The fraction of sp³-hybridized carbons (Fsp3) is 0.0370. The molecule has 4 aromatic rings. The van der Waals surface area contributed by atoms with Crippen molar-refractivity contribution in [1.29, 1.82) is 0 Å². The topological polar surface area (TPSA) is 49.2 Å². The van der Waals surface area contributed by atoms with Crippen molar-refractivity contribution in [3.63, 3.8) is 0 Å². The van der Waals surface area contributed by atoms with E-state index >= 15 is 0 Å². The van der Waals surface area contributed by atoms with Crippen LogP contribution in [0.3, 0.4) is 0 Å². The maximum absolute atomic E-state index is 5.25. The molecule has 0 fully saturated rings. The summed E-state index contributed by atoms with van der Waals surface area (Å²) < 4.78 is 5.25. The number of hydrazone groups is 2. The third kappa shape index (κ3) is 5.40. The largest absolute Gasteiger partial charge is 0.497 e. The number of methoxy groups -OCH3 is 1. The van der Waals surface area contributed by atoms with E-state index in [1.54, 1.807) is 7.11 Å². The highest BCUT2D eigenvalue weighted by Gasteiger charge is 2.15. The van der Waals surface area contributed by atoms with E-state index < -0.39 is 0 Å². The Bertz CT molecular complexity index is 1160. The monoisotopic (exact) mass is 420 g/mol. The van der Waals surface area contributed by atoms with Crippen molar-refractivity contribution in [1.82, 2.24) is 0 Å². The molecule has 158 valence electrons. The SMILES string of the molecule is COc1ccc(C=NN(C(=NNc2ccccc2)c2ccccc2)c2ccccc2)cc1. The second kappa shape index (κ2) is 10.6. The number of rotatable bonds is 7. The second-order valence-electron chi connectivity index (χ2n) is 6.94. The first-order valence-corrected chi connectivity index (χ1v) is 10.3. The van der Waals surface area contributed by atoms with Crippen LogP contribution in [0.2, 0.25) is 0 Å². The maximum atomic E-state index is 5.25. The molecule has 0 aromatic heterocycles. The molecule has 5 heteroatoms. The Morgan fingerprint density at radius 1 is 0.750 bits per heavy atom. The second-order valence-corrected chi connectivity index (χ2v) is 6.94. The Labute approximate surface area is 188 Å². The molecule has 0 aliphatic carbocycles. The van der Waals surface area contributed by atoms with E-state index in [9.17, 15) is 0 Å². The van der Waals surface area contributed by atoms with Gasteiger partial charge in [-0.3, -0.25) is 5.43 Å². The number of nitrogens with zero attached hydrogens (tertiary/aromatic N) is 3. The molecule has 0 saturated heterocycles. The molecule has 0 atom stereocenters. The highest BCUT2D eigenvalue weighted by molar-refractivity contribution is 6.10. The molecule has 1 N–H and O–H groups in total. The summed E-state index contributed by atoms with van der Waals surface area (Å²) in [5.41, 5.74) is 6.85. The Kier molecular flexibility index (Phi) is 6.91. The Balaban J connectivity index is 1.74. The summed E-state index contributed by atoms with van der Waals surface area (Å²) in [6.07, 6.45) is 1.81. The number of hydrogen-bond acceptors (Lipinski definition) is 4. The van der Waals surface area contributed by atoms with E-state index in [1.165, 1.54) is 0 Å². The molecule has 32 heavy (non-hydrogen) atoms. The molecular weight excluding hydrogens is 396 g/mol. The van der Waals surface area contributed by atoms with Crippen LogP contribution in [0.5, 0.6) is 5.75 Å². The quantitative estimate of drug-likeness (QED) is 0.226. The molecule has 0 aliphatic rings. The van der Waals surface area contributed by atoms with E-state index in [0.717, 1.165) is 28.3 Å². The predicted octanol–water partition coefficient (Wildman–Crippen LogP) is 6.01. The van der Waals surface area contributed by atoms with Crippen molar-refractivity contribution >= 4 is 23.4 Å². The molecule has 0 heterocycles. The maximum Gasteiger partial charge on any atom is 0.181 e. The van der Waals surface area contributed by atoms with Gasteiger partial charge in [0.2, 0.25) is 0 Å². The number of ether oxygens (including phenoxy) is 1. The lowest BCUT2D eigenvalue weighted by Crippen LogP contribution is -2.28. The lowest BCUT2D eigenvalue weighted by Gasteiger charge is -2.21. The normalized spacial score (nSPS) is 11.3. The number of nitrogens with one attached hydrogen (secondary N) is 1. The average Bonchev–Trinajstić information content (AvgIpc) is 2.88. The summed E-state index contributed by atoms with van der Waals surface area (Å²) in [4.78, 5) is 0. The first kappa shape index (κ1) is 20.9. The summed E-state index contributed by atoms with van der Waals surface area (Å²) in [5, 5.41) is 11.4. The van der Waals surface area contributed by atoms with E-state index in [4.69, 9.17) is 14.9 Å². The number of para-hydroxylation sites is 2. The van der Waals surface area contributed by atoms with Gasteiger partial charge in [0.1, 0.15) is 5.75 Å². The number of amidine groups is 1. The van der Waals surface area contributed by atoms with E-state index in [1.807, 2.05) is 126 Å². The highest BCUT2D eigenvalue weighted by atomic mass is 16.5. The molecule has 4 rings (SSSR count). The van der Waals surface area contributed by atoms with Crippen molar-refractivity contribution in [3.05, 3.63) is 126 Å². The summed E-state index contributed by atoms with van der Waals surface area (Å²) in [6, 6.07) is 37.6. The molecular formula is C27H24N4O. The third-order valence-corrected chi connectivity index (χ3v) is 4.74. The predicted molar refractivity (Wildman–Crippen MR) is 133 cm³/mol. The zero-order chi connectivity index (χ0) is 22.0. The standard InChI is InChI=1S/C27H24N4O/c1-32-26-19-17-22(18-20-26)21-28-31(25-15-9-4-10-16-25)27(23-11-5-2-6-12-23)30-29-24-13-7-3-8-14-24/h2-21,29H,1H3. The van der Waals surface area contributed by atoms with Gasteiger partial charge in [-0.2, -0.15) is 10.2 Å². The molecule has 5 nitrogen and oxygen atoms in total. The van der Waals surface area contributed by atoms with Crippen molar-refractivity contribution in [3.8, 4) is 5.75 Å². The van der Waals surface area contributed by atoms with Gasteiger partial charge in [0.05, 0.1) is 24.7 Å². The average molecular weight is 421 g/mol. The van der Waals surface area contributed by atoms with Gasteiger partial charge in [0, 0.05) is 5.56 Å². The summed E-state index contributed by atoms with van der Waals surface area (Å²) >= 11 is 0. The van der Waals surface area contributed by atoms with Crippen LogP contribution in [0.15, 0.2) is 125 Å². The third-order valence-electron chi connectivity index (χ3n) is 4.74. The lowest BCUT2D eigenvalue weighted by atomic mass is 10.2. The van der Waals surface area contributed by atoms with Crippen LogP contribution in [-0.2, 0) is 0 Å². The summed E-state index contributed by atoms with van der Waals surface area (Å²) in [5.74, 6) is 1.48. The van der Waals surface area contributed by atoms with Crippen molar-refractivity contribution in [2.45, 2.75) is 0 Å². The first-order chi connectivity index (χ1) is 15.8. The fourth-order valence-electron chi connectivity index (χ4n) is 3.08. The van der Waals surface area contributed by atoms with E-state index in [0.29, 0.717) is 5.84 Å². The molecule has 0 spiro atoms. The number of hydrogen-bond donors (Lipinski definition) is 1. The van der Waals surface area contributed by atoms with Crippen LogP contribution in [0.1, 0.15) is 11.1 Å². The highest BCUT2D eigenvalue weighted by Crippen LogP contribution is 2.19. The Morgan fingerprint density at radius 2 is 1.34 bits per heavy atom. The first-order valence-electron chi connectivity index (χ1n) is 10.3. The van der Waals surface area contributed by atoms with Gasteiger partial charge in [-0.25, -0.2) is 5.01 Å². The van der Waals surface area contributed by atoms with Crippen molar-refractivity contribution in [2.24, 2.45) is 10.2 Å². The molecule has 0 radical (unpaired) electrons. The van der Waals surface area contributed by atoms with Gasteiger partial charge >= 0.3 is 0 Å². The zero-order valence-electron chi connectivity index (χ0n) is 17.8. The van der Waals surface area contributed by atoms with Gasteiger partial charge in [-0.15, -0.1) is 0 Å². The van der Waals surface area contributed by atoms with Crippen molar-refractivity contribution < 1.29 is 4.74 Å². The zero-order valence-corrected chi connectivity index (χ0v) is 17.8. The summed E-state index contributed by atoms with van der Waals surface area (Å²) in [6.45, 7) is 0. The van der Waals surface area contributed by atoms with Crippen molar-refractivity contribution in [2.75, 3.05) is 17.5 Å². The Hall–Kier alpha value is -4.38. The van der Waals surface area contributed by atoms with E-state index in [2.05, 4.69) is 5.43 Å². The van der Waals surface area contributed by atoms with Gasteiger partial charge < -0.3 is 4.74 Å². The fourth-order valence-corrected chi connectivity index (χ4v) is 3.08. The lowest BCUT2D eigenvalue weighted by molar-refractivity contribution is 0.415. The van der Waals surface area contributed by atoms with Gasteiger partial charge in [-0.05, 0) is 54.1 Å². The van der Waals surface area contributed by atoms with E-state index in [-0.39, 0.29) is 0 Å². The van der Waals surface area contributed by atoms with Crippen LogP contribution in [0, 0.1) is 0 Å². The Morgan fingerprint density at radius 3 is 1.97 bits per heavy atom. The van der Waals surface area contributed by atoms with Crippen LogP contribution < -0.4 is 15.2 Å². The molecule has 0 bridgehead atoms. The smallest absolute Gasteiger partial charge is 0.181 e. The van der Waals surface area contributed by atoms with Gasteiger partial charge in [-0.1, -0.05) is 66.7 Å². The minimum absolute atomic E-state index is 0.672. The minimum atomic E-state index is 0.672. The van der Waals surface area contributed by atoms with Crippen LogP contribution >= 0.6 is 0 Å². The van der Waals surface area contributed by atoms with Crippen LogP contribution in [-0.4, -0.2) is 19.2 Å². The molecule has 0 unspecified atom stereocenters. The molecule has 0 amide bonds. The number of anilines is 2. The van der Waals surface area contributed by atoms with Crippen LogP contribution in [0.4, 0.5) is 11.4 Å². The van der Waals surface area contributed by atoms with Gasteiger partial charge in [0.15, 0.2) is 5.84 Å². The molecule has 0 saturated carbocycles. The molecule has 0 aliphatic heterocycles.